The van der Waals surface area contributed by atoms with Crippen LogP contribution in [0.25, 0.3) is 0 Å². The second-order valence-corrected chi connectivity index (χ2v) is 5.93. The molecule has 1 aromatic rings. The molecule has 0 N–H and O–H groups in total. The van der Waals surface area contributed by atoms with Crippen LogP contribution in [0.5, 0.6) is 0 Å². The average molecular weight is 227 g/mol. The van der Waals surface area contributed by atoms with Crippen molar-refractivity contribution in [1.29, 1.82) is 0 Å². The van der Waals surface area contributed by atoms with Crippen LogP contribution in [0.4, 0.5) is 0 Å². The Morgan fingerprint density at radius 2 is 2.21 bits per heavy atom. The van der Waals surface area contributed by atoms with Gasteiger partial charge in [0.2, 0.25) is 0 Å². The lowest BCUT2D eigenvalue weighted by Crippen LogP contribution is -1.93. The third-order valence-corrected chi connectivity index (χ3v) is 4.09. The molecule has 3 heteroatoms. The fourth-order valence-corrected chi connectivity index (χ4v) is 3.22. The SMILES string of the molecule is CC(C)Cc1nc(C2CC2)c(CS)s1. The van der Waals surface area contributed by atoms with E-state index in [9.17, 15) is 0 Å². The molecule has 0 aliphatic heterocycles. The third kappa shape index (κ3) is 2.31. The van der Waals surface area contributed by atoms with Crippen LogP contribution in [-0.4, -0.2) is 4.98 Å². The number of hydrogen-bond donors (Lipinski definition) is 1. The predicted octanol–water partition coefficient (Wildman–Crippen LogP) is 3.65. The molecule has 0 atom stereocenters. The van der Waals surface area contributed by atoms with E-state index in [0.29, 0.717) is 5.92 Å². The Hall–Kier alpha value is -0.0200. The lowest BCUT2D eigenvalue weighted by atomic mass is 10.1. The monoisotopic (exact) mass is 227 g/mol. The van der Waals surface area contributed by atoms with Crippen LogP contribution in [-0.2, 0) is 12.2 Å². The Bertz CT molecular complexity index is 313. The predicted molar refractivity (Wildman–Crippen MR) is 65.3 cm³/mol. The first-order valence-electron chi connectivity index (χ1n) is 5.30. The first-order valence-corrected chi connectivity index (χ1v) is 6.75. The molecule has 1 heterocycles. The minimum absolute atomic E-state index is 0.709. The highest BCUT2D eigenvalue weighted by Crippen LogP contribution is 2.43. The van der Waals surface area contributed by atoms with E-state index in [2.05, 4.69) is 26.5 Å². The molecule has 0 radical (unpaired) electrons. The summed E-state index contributed by atoms with van der Waals surface area (Å²) in [5, 5.41) is 1.31. The zero-order valence-corrected chi connectivity index (χ0v) is 10.5. The first-order chi connectivity index (χ1) is 6.70. The number of aromatic nitrogens is 1. The molecule has 14 heavy (non-hydrogen) atoms. The van der Waals surface area contributed by atoms with Crippen LogP contribution >= 0.6 is 24.0 Å². The van der Waals surface area contributed by atoms with E-state index < -0.39 is 0 Å². The van der Waals surface area contributed by atoms with Gasteiger partial charge in [-0.1, -0.05) is 13.8 Å². The molecule has 0 aromatic carbocycles. The molecule has 0 bridgehead atoms. The summed E-state index contributed by atoms with van der Waals surface area (Å²) in [4.78, 5) is 6.16. The normalized spacial score (nSPS) is 16.6. The highest BCUT2D eigenvalue weighted by molar-refractivity contribution is 7.79. The number of thiol groups is 1. The minimum atomic E-state index is 0.709. The fourth-order valence-electron chi connectivity index (χ4n) is 1.64. The van der Waals surface area contributed by atoms with Gasteiger partial charge in [-0.25, -0.2) is 4.98 Å². The van der Waals surface area contributed by atoms with Crippen LogP contribution in [0.3, 0.4) is 0 Å². The van der Waals surface area contributed by atoms with Gasteiger partial charge in [0.15, 0.2) is 0 Å². The molecular weight excluding hydrogens is 210 g/mol. The number of thiazole rings is 1. The molecule has 1 nitrogen and oxygen atoms in total. The maximum Gasteiger partial charge on any atom is 0.0934 e. The summed E-state index contributed by atoms with van der Waals surface area (Å²) < 4.78 is 0. The van der Waals surface area contributed by atoms with E-state index in [1.807, 2.05) is 11.3 Å². The van der Waals surface area contributed by atoms with E-state index >= 15 is 0 Å². The fraction of sp³-hybridized carbons (Fsp3) is 0.727. The van der Waals surface area contributed by atoms with Crippen molar-refractivity contribution < 1.29 is 0 Å². The van der Waals surface area contributed by atoms with Gasteiger partial charge in [-0.2, -0.15) is 12.6 Å². The highest BCUT2D eigenvalue weighted by atomic mass is 32.1. The Morgan fingerprint density at radius 3 is 2.71 bits per heavy atom. The summed E-state index contributed by atoms with van der Waals surface area (Å²) in [6, 6.07) is 0. The van der Waals surface area contributed by atoms with Crippen molar-refractivity contribution in [1.82, 2.24) is 4.98 Å². The van der Waals surface area contributed by atoms with Crippen LogP contribution in [0.2, 0.25) is 0 Å². The molecule has 1 aliphatic rings. The van der Waals surface area contributed by atoms with Crippen LogP contribution in [0.1, 0.15) is 48.2 Å². The Kier molecular flexibility index (Phi) is 3.17. The van der Waals surface area contributed by atoms with Gasteiger partial charge < -0.3 is 0 Å². The lowest BCUT2D eigenvalue weighted by molar-refractivity contribution is 0.643. The van der Waals surface area contributed by atoms with Gasteiger partial charge in [-0.15, -0.1) is 11.3 Å². The molecule has 78 valence electrons. The summed E-state index contributed by atoms with van der Waals surface area (Å²) in [5.74, 6) is 2.34. The topological polar surface area (TPSA) is 12.9 Å². The van der Waals surface area contributed by atoms with Crippen molar-refractivity contribution in [2.75, 3.05) is 0 Å². The number of hydrogen-bond acceptors (Lipinski definition) is 3. The van der Waals surface area contributed by atoms with E-state index in [-0.39, 0.29) is 0 Å². The van der Waals surface area contributed by atoms with Crippen LogP contribution in [0, 0.1) is 5.92 Å². The summed E-state index contributed by atoms with van der Waals surface area (Å²) >= 11 is 6.25. The van der Waals surface area contributed by atoms with E-state index in [1.54, 1.807) is 0 Å². The zero-order chi connectivity index (χ0) is 10.1. The third-order valence-electron chi connectivity index (χ3n) is 2.46. The van der Waals surface area contributed by atoms with E-state index in [1.165, 1.54) is 28.4 Å². The second-order valence-electron chi connectivity index (χ2n) is 4.45. The van der Waals surface area contributed by atoms with Crippen molar-refractivity contribution in [3.05, 3.63) is 15.6 Å². The van der Waals surface area contributed by atoms with Gasteiger partial charge in [-0.05, 0) is 18.8 Å². The Balaban J connectivity index is 2.17. The number of rotatable bonds is 4. The van der Waals surface area contributed by atoms with Crippen molar-refractivity contribution in [2.45, 2.75) is 44.8 Å². The molecule has 1 aliphatic carbocycles. The molecule has 0 saturated heterocycles. The molecule has 0 spiro atoms. The molecule has 1 aromatic heterocycles. The van der Waals surface area contributed by atoms with Gasteiger partial charge in [0, 0.05) is 23.0 Å². The van der Waals surface area contributed by atoms with Gasteiger partial charge in [0.25, 0.3) is 0 Å². The van der Waals surface area contributed by atoms with Crippen molar-refractivity contribution >= 4 is 24.0 Å². The second kappa shape index (κ2) is 4.23. The molecule has 0 amide bonds. The van der Waals surface area contributed by atoms with Crippen LogP contribution in [0.15, 0.2) is 0 Å². The first kappa shape index (κ1) is 10.5. The maximum atomic E-state index is 4.75. The summed E-state index contributed by atoms with van der Waals surface area (Å²) in [6.45, 7) is 4.50. The van der Waals surface area contributed by atoms with Crippen molar-refractivity contribution in [3.63, 3.8) is 0 Å². The summed E-state index contributed by atoms with van der Waals surface area (Å²) in [7, 11) is 0. The Labute approximate surface area is 95.4 Å². The maximum absolute atomic E-state index is 4.75. The molecular formula is C11H17NS2. The van der Waals surface area contributed by atoms with E-state index in [4.69, 9.17) is 4.98 Å². The molecule has 1 fully saturated rings. The molecule has 0 unspecified atom stereocenters. The summed E-state index contributed by atoms with van der Waals surface area (Å²) in [5.41, 5.74) is 1.36. The van der Waals surface area contributed by atoms with Crippen molar-refractivity contribution in [2.24, 2.45) is 5.92 Å². The zero-order valence-electron chi connectivity index (χ0n) is 8.79. The molecule has 1 saturated carbocycles. The van der Waals surface area contributed by atoms with Gasteiger partial charge in [0.1, 0.15) is 0 Å². The minimum Gasteiger partial charge on any atom is -0.246 e. The van der Waals surface area contributed by atoms with Gasteiger partial charge in [-0.3, -0.25) is 0 Å². The lowest BCUT2D eigenvalue weighted by Gasteiger charge is -1.98. The smallest absolute Gasteiger partial charge is 0.0934 e. The summed E-state index contributed by atoms with van der Waals surface area (Å²) in [6.07, 6.45) is 3.80. The number of nitrogens with zero attached hydrogens (tertiary/aromatic N) is 1. The van der Waals surface area contributed by atoms with E-state index in [0.717, 1.165) is 18.1 Å². The quantitative estimate of drug-likeness (QED) is 0.775. The van der Waals surface area contributed by atoms with Gasteiger partial charge in [0.05, 0.1) is 10.7 Å². The standard InChI is InChI=1S/C11H17NS2/c1-7(2)5-10-12-11(8-3-4-8)9(6-13)14-10/h7-8,13H,3-6H2,1-2H3. The molecule has 2 rings (SSSR count). The van der Waals surface area contributed by atoms with Gasteiger partial charge >= 0.3 is 0 Å². The Morgan fingerprint density at radius 1 is 1.50 bits per heavy atom. The van der Waals surface area contributed by atoms with Crippen molar-refractivity contribution in [3.8, 4) is 0 Å². The average Bonchev–Trinajstić information content (AvgIpc) is 2.88. The van der Waals surface area contributed by atoms with Crippen LogP contribution < -0.4 is 0 Å². The largest absolute Gasteiger partial charge is 0.246 e. The highest BCUT2D eigenvalue weighted by Gasteiger charge is 2.29.